The molecule has 2 aromatic rings. The van der Waals surface area contributed by atoms with Gasteiger partial charge < -0.3 is 15.0 Å². The van der Waals surface area contributed by atoms with E-state index in [4.69, 9.17) is 4.74 Å². The van der Waals surface area contributed by atoms with Crippen LogP contribution in [0, 0.1) is 5.92 Å². The van der Waals surface area contributed by atoms with Crippen LogP contribution in [0.1, 0.15) is 45.1 Å². The molecule has 2 heterocycles. The van der Waals surface area contributed by atoms with Crippen molar-refractivity contribution >= 4 is 28.5 Å². The highest BCUT2D eigenvalue weighted by molar-refractivity contribution is 7.14. The van der Waals surface area contributed by atoms with Crippen molar-refractivity contribution in [2.45, 2.75) is 39.5 Å². The molecule has 0 atom stereocenters. The summed E-state index contributed by atoms with van der Waals surface area (Å²) < 4.78 is 5.02. The maximum Gasteiger partial charge on any atom is 0.409 e. The molecule has 150 valence electrons. The number of rotatable bonds is 5. The van der Waals surface area contributed by atoms with E-state index in [1.54, 1.807) is 11.8 Å². The van der Waals surface area contributed by atoms with Crippen LogP contribution in [-0.2, 0) is 9.53 Å². The molecule has 7 heteroatoms. The Kier molecular flexibility index (Phi) is 6.67. The molecule has 1 saturated heterocycles. The number of hydrogen-bond donors (Lipinski definition) is 1. The molecule has 1 aliphatic heterocycles. The molecule has 0 unspecified atom stereocenters. The van der Waals surface area contributed by atoms with Crippen LogP contribution in [0.2, 0.25) is 0 Å². The topological polar surface area (TPSA) is 71.5 Å². The number of nitrogens with zero attached hydrogens (tertiary/aromatic N) is 2. The number of carbonyl (C=O) groups is 2. The number of nitrogens with one attached hydrogen (secondary N) is 1. The fraction of sp³-hybridized carbons (Fsp3) is 0.476. The van der Waals surface area contributed by atoms with Gasteiger partial charge in [0, 0.05) is 30.0 Å². The zero-order valence-corrected chi connectivity index (χ0v) is 17.4. The van der Waals surface area contributed by atoms with E-state index < -0.39 is 0 Å². The lowest BCUT2D eigenvalue weighted by molar-refractivity contribution is -0.121. The van der Waals surface area contributed by atoms with Crippen molar-refractivity contribution in [1.82, 2.24) is 9.88 Å². The number of likely N-dealkylation sites (tertiary alicyclic amines) is 1. The minimum Gasteiger partial charge on any atom is -0.450 e. The first kappa shape index (κ1) is 20.3. The highest BCUT2D eigenvalue weighted by atomic mass is 32.1. The summed E-state index contributed by atoms with van der Waals surface area (Å²) in [5, 5.41) is 5.51. The smallest absolute Gasteiger partial charge is 0.409 e. The van der Waals surface area contributed by atoms with E-state index in [0.717, 1.165) is 11.3 Å². The summed E-state index contributed by atoms with van der Waals surface area (Å²) in [4.78, 5) is 30.5. The molecule has 28 heavy (non-hydrogen) atoms. The molecule has 1 N–H and O–H groups in total. The van der Waals surface area contributed by atoms with Crippen LogP contribution >= 0.6 is 11.3 Å². The second kappa shape index (κ2) is 9.19. The van der Waals surface area contributed by atoms with E-state index in [-0.39, 0.29) is 17.9 Å². The molecule has 2 amide bonds. The number of anilines is 1. The number of carbonyl (C=O) groups excluding carboxylic acids is 2. The summed E-state index contributed by atoms with van der Waals surface area (Å²) in [6.45, 7) is 7.58. The maximum atomic E-state index is 12.6. The molecule has 0 bridgehead atoms. The van der Waals surface area contributed by atoms with Crippen molar-refractivity contribution in [3.8, 4) is 11.3 Å². The van der Waals surface area contributed by atoms with E-state index in [1.807, 2.05) is 5.38 Å². The van der Waals surface area contributed by atoms with Gasteiger partial charge in [0.25, 0.3) is 0 Å². The molecule has 0 saturated carbocycles. The standard InChI is InChI=1S/C21H27N3O3S/c1-4-27-21(26)24-11-9-17(10-12-24)19(25)23-20-22-18(13-28-20)16-7-5-15(6-8-16)14(2)3/h5-8,13-14,17H,4,9-12H2,1-3H3,(H,22,23,25). The molecular weight excluding hydrogens is 374 g/mol. The van der Waals surface area contributed by atoms with Crippen LogP contribution in [0.4, 0.5) is 9.93 Å². The fourth-order valence-corrected chi connectivity index (χ4v) is 3.97. The minimum absolute atomic E-state index is 0.0282. The number of thiazole rings is 1. The molecule has 0 spiro atoms. The van der Waals surface area contributed by atoms with Gasteiger partial charge in [-0.15, -0.1) is 11.3 Å². The Balaban J connectivity index is 1.55. The van der Waals surface area contributed by atoms with Crippen LogP contribution in [0.5, 0.6) is 0 Å². The van der Waals surface area contributed by atoms with Crippen LogP contribution in [0.25, 0.3) is 11.3 Å². The van der Waals surface area contributed by atoms with Crippen molar-refractivity contribution in [3.63, 3.8) is 0 Å². The van der Waals surface area contributed by atoms with Crippen molar-refractivity contribution < 1.29 is 14.3 Å². The predicted molar refractivity (Wildman–Crippen MR) is 112 cm³/mol. The number of piperidine rings is 1. The summed E-state index contributed by atoms with van der Waals surface area (Å²) in [5.41, 5.74) is 3.21. The molecule has 1 fully saturated rings. The van der Waals surface area contributed by atoms with Gasteiger partial charge in [0.05, 0.1) is 12.3 Å². The molecule has 1 aromatic carbocycles. The number of amides is 2. The quantitative estimate of drug-likeness (QED) is 0.785. The number of aromatic nitrogens is 1. The van der Waals surface area contributed by atoms with Gasteiger partial charge in [-0.2, -0.15) is 0 Å². The summed E-state index contributed by atoms with van der Waals surface area (Å²) >= 11 is 1.43. The lowest BCUT2D eigenvalue weighted by Crippen LogP contribution is -2.41. The monoisotopic (exact) mass is 401 g/mol. The van der Waals surface area contributed by atoms with Crippen LogP contribution in [-0.4, -0.2) is 41.6 Å². The van der Waals surface area contributed by atoms with E-state index in [1.165, 1.54) is 16.9 Å². The Labute approximate surface area is 169 Å². The summed E-state index contributed by atoms with van der Waals surface area (Å²) in [6.07, 6.45) is 0.980. The normalized spacial score (nSPS) is 14.9. The van der Waals surface area contributed by atoms with Crippen molar-refractivity contribution in [3.05, 3.63) is 35.2 Å². The highest BCUT2D eigenvalue weighted by Gasteiger charge is 2.28. The zero-order valence-electron chi connectivity index (χ0n) is 16.6. The largest absolute Gasteiger partial charge is 0.450 e. The fourth-order valence-electron chi connectivity index (χ4n) is 3.25. The van der Waals surface area contributed by atoms with E-state index in [2.05, 4.69) is 48.4 Å². The first-order valence-corrected chi connectivity index (χ1v) is 10.6. The second-order valence-electron chi connectivity index (χ2n) is 7.26. The third-order valence-electron chi connectivity index (χ3n) is 5.00. The first-order chi connectivity index (χ1) is 13.5. The third-order valence-corrected chi connectivity index (χ3v) is 5.76. The van der Waals surface area contributed by atoms with Crippen LogP contribution in [0.3, 0.4) is 0 Å². The SMILES string of the molecule is CCOC(=O)N1CCC(C(=O)Nc2nc(-c3ccc(C(C)C)cc3)cs2)CC1. The van der Waals surface area contributed by atoms with Crippen molar-refractivity contribution in [2.75, 3.05) is 25.0 Å². The van der Waals surface area contributed by atoms with Gasteiger partial charge in [-0.3, -0.25) is 4.79 Å². The van der Waals surface area contributed by atoms with Gasteiger partial charge in [0.15, 0.2) is 5.13 Å². The first-order valence-electron chi connectivity index (χ1n) is 9.76. The average molecular weight is 402 g/mol. The second-order valence-corrected chi connectivity index (χ2v) is 8.12. The van der Waals surface area contributed by atoms with E-state index in [0.29, 0.717) is 43.6 Å². The molecular formula is C21H27N3O3S. The van der Waals surface area contributed by atoms with E-state index >= 15 is 0 Å². The summed E-state index contributed by atoms with van der Waals surface area (Å²) in [7, 11) is 0. The number of benzene rings is 1. The Morgan fingerprint density at radius 3 is 2.54 bits per heavy atom. The Morgan fingerprint density at radius 1 is 1.25 bits per heavy atom. The number of hydrogen-bond acceptors (Lipinski definition) is 5. The zero-order chi connectivity index (χ0) is 20.1. The third kappa shape index (κ3) is 4.90. The van der Waals surface area contributed by atoms with Gasteiger partial charge in [-0.05, 0) is 31.2 Å². The predicted octanol–water partition coefficient (Wildman–Crippen LogP) is 4.74. The molecule has 0 aliphatic carbocycles. The number of ether oxygens (including phenoxy) is 1. The molecule has 1 aliphatic rings. The van der Waals surface area contributed by atoms with Crippen LogP contribution < -0.4 is 5.32 Å². The van der Waals surface area contributed by atoms with E-state index in [9.17, 15) is 9.59 Å². The van der Waals surface area contributed by atoms with Crippen LogP contribution in [0.15, 0.2) is 29.6 Å². The van der Waals surface area contributed by atoms with Gasteiger partial charge in [0.2, 0.25) is 5.91 Å². The molecule has 6 nitrogen and oxygen atoms in total. The molecule has 1 aromatic heterocycles. The lowest BCUT2D eigenvalue weighted by Gasteiger charge is -2.30. The Morgan fingerprint density at radius 2 is 1.93 bits per heavy atom. The van der Waals surface area contributed by atoms with Gasteiger partial charge in [0.1, 0.15) is 0 Å². The summed E-state index contributed by atoms with van der Waals surface area (Å²) in [6, 6.07) is 8.38. The molecule has 0 radical (unpaired) electrons. The van der Waals surface area contributed by atoms with Gasteiger partial charge in [-0.25, -0.2) is 9.78 Å². The lowest BCUT2D eigenvalue weighted by atomic mass is 9.96. The van der Waals surface area contributed by atoms with Crippen molar-refractivity contribution in [2.24, 2.45) is 5.92 Å². The van der Waals surface area contributed by atoms with Gasteiger partial charge >= 0.3 is 6.09 Å². The average Bonchev–Trinajstić information content (AvgIpc) is 3.17. The Hall–Kier alpha value is -2.41. The minimum atomic E-state index is -0.297. The molecule has 3 rings (SSSR count). The summed E-state index contributed by atoms with van der Waals surface area (Å²) in [5.74, 6) is 0.359. The maximum absolute atomic E-state index is 12.6. The highest BCUT2D eigenvalue weighted by Crippen LogP contribution is 2.27. The van der Waals surface area contributed by atoms with Crippen molar-refractivity contribution in [1.29, 1.82) is 0 Å². The van der Waals surface area contributed by atoms with Gasteiger partial charge in [-0.1, -0.05) is 38.1 Å². The Bertz CT molecular complexity index is 809.